The first-order chi connectivity index (χ1) is 7.45. The topological polar surface area (TPSA) is 39.4 Å². The quantitative estimate of drug-likeness (QED) is 0.701. The number of hydrogen-bond donors (Lipinski definition) is 0. The van der Waals surface area contributed by atoms with Crippen LogP contribution >= 0.6 is 0 Å². The number of fused-ring (bicyclic) bond motifs is 1. The van der Waals surface area contributed by atoms with Gasteiger partial charge in [-0.3, -0.25) is 4.98 Å². The zero-order valence-corrected chi connectivity index (χ0v) is 8.00. The van der Waals surface area contributed by atoms with Gasteiger partial charge in [0.25, 0.3) is 0 Å². The van der Waals surface area contributed by atoms with Crippen molar-refractivity contribution in [1.82, 2.24) is 14.4 Å². The van der Waals surface area contributed by atoms with E-state index in [0.717, 1.165) is 16.8 Å². The molecular formula is C11H9N3O. The number of nitrogens with zero attached hydrogens (tertiary/aromatic N) is 3. The van der Waals surface area contributed by atoms with Gasteiger partial charge in [-0.15, -0.1) is 0 Å². The Hall–Kier alpha value is -2.10. The number of allylic oxidation sites excluding steroid dienone is 2. The Morgan fingerprint density at radius 2 is 2.40 bits per heavy atom. The summed E-state index contributed by atoms with van der Waals surface area (Å²) in [6.07, 6.45) is 12.8. The third-order valence-corrected chi connectivity index (χ3v) is 2.36. The second-order valence-corrected chi connectivity index (χ2v) is 3.26. The third kappa shape index (κ3) is 1.30. The predicted octanol–water partition coefficient (Wildman–Crippen LogP) is 1.66. The molecule has 2 aromatic heterocycles. The molecule has 3 heterocycles. The van der Waals surface area contributed by atoms with Crippen LogP contribution in [0.15, 0.2) is 43.3 Å². The van der Waals surface area contributed by atoms with Gasteiger partial charge in [-0.1, -0.05) is 0 Å². The highest BCUT2D eigenvalue weighted by Crippen LogP contribution is 2.20. The van der Waals surface area contributed by atoms with Gasteiger partial charge in [-0.25, -0.2) is 4.98 Å². The lowest BCUT2D eigenvalue weighted by Gasteiger charge is -2.05. The maximum Gasteiger partial charge on any atom is 0.106 e. The molecule has 4 nitrogen and oxygen atoms in total. The molecule has 74 valence electrons. The van der Waals surface area contributed by atoms with Gasteiger partial charge in [-0.05, 0) is 12.2 Å². The molecule has 1 aliphatic rings. The highest BCUT2D eigenvalue weighted by atomic mass is 16.5. The fourth-order valence-corrected chi connectivity index (χ4v) is 1.62. The first-order valence-corrected chi connectivity index (χ1v) is 4.70. The SMILES string of the molecule is C1=CC(c2ncn3ccncc23)=CCO1. The van der Waals surface area contributed by atoms with Crippen LogP contribution in [0, 0.1) is 0 Å². The molecular weight excluding hydrogens is 190 g/mol. The fraction of sp³-hybridized carbons (Fsp3) is 0.0909. The van der Waals surface area contributed by atoms with Crippen LogP contribution in [-0.4, -0.2) is 21.0 Å². The number of imidazole rings is 1. The van der Waals surface area contributed by atoms with E-state index in [2.05, 4.69) is 9.97 Å². The van der Waals surface area contributed by atoms with Crippen LogP contribution in [-0.2, 0) is 4.74 Å². The molecule has 0 radical (unpaired) electrons. The summed E-state index contributed by atoms with van der Waals surface area (Å²) in [4.78, 5) is 8.46. The normalized spacial score (nSPS) is 15.1. The lowest BCUT2D eigenvalue weighted by Crippen LogP contribution is -1.93. The molecule has 0 bridgehead atoms. The first kappa shape index (κ1) is 8.23. The zero-order chi connectivity index (χ0) is 10.1. The summed E-state index contributed by atoms with van der Waals surface area (Å²) in [5.41, 5.74) is 3.04. The van der Waals surface area contributed by atoms with Gasteiger partial charge >= 0.3 is 0 Å². The summed E-state index contributed by atoms with van der Waals surface area (Å²) >= 11 is 0. The molecule has 0 saturated heterocycles. The van der Waals surface area contributed by atoms with Gasteiger partial charge in [0.05, 0.1) is 23.7 Å². The molecule has 0 N–H and O–H groups in total. The lowest BCUT2D eigenvalue weighted by atomic mass is 10.1. The van der Waals surface area contributed by atoms with E-state index in [1.165, 1.54) is 0 Å². The molecule has 0 aromatic carbocycles. The van der Waals surface area contributed by atoms with E-state index in [-0.39, 0.29) is 0 Å². The minimum Gasteiger partial charge on any atom is -0.497 e. The third-order valence-electron chi connectivity index (χ3n) is 2.36. The molecule has 1 aliphatic heterocycles. The fourth-order valence-electron chi connectivity index (χ4n) is 1.62. The molecule has 4 heteroatoms. The van der Waals surface area contributed by atoms with E-state index >= 15 is 0 Å². The van der Waals surface area contributed by atoms with Crippen LogP contribution < -0.4 is 0 Å². The van der Waals surface area contributed by atoms with Crippen molar-refractivity contribution in [1.29, 1.82) is 0 Å². The number of ether oxygens (including phenoxy) is 1. The van der Waals surface area contributed by atoms with Crippen molar-refractivity contribution in [3.8, 4) is 0 Å². The van der Waals surface area contributed by atoms with E-state index in [1.807, 2.05) is 28.9 Å². The molecule has 0 atom stereocenters. The maximum absolute atomic E-state index is 5.10. The molecule has 0 unspecified atom stereocenters. The Kier molecular flexibility index (Phi) is 1.78. The predicted molar refractivity (Wildman–Crippen MR) is 56.1 cm³/mol. The van der Waals surface area contributed by atoms with Gasteiger partial charge in [0.15, 0.2) is 0 Å². The Labute approximate surface area is 86.5 Å². The summed E-state index contributed by atoms with van der Waals surface area (Å²) in [5, 5.41) is 0. The molecule has 2 aromatic rings. The number of rotatable bonds is 1. The minimum absolute atomic E-state index is 0.602. The zero-order valence-electron chi connectivity index (χ0n) is 8.00. The molecule has 15 heavy (non-hydrogen) atoms. The Bertz CT molecular complexity index is 554. The van der Waals surface area contributed by atoms with Gasteiger partial charge < -0.3 is 9.14 Å². The Balaban J connectivity index is 2.19. The van der Waals surface area contributed by atoms with Crippen LogP contribution in [0.4, 0.5) is 0 Å². The summed E-state index contributed by atoms with van der Waals surface area (Å²) in [6.45, 7) is 0.602. The monoisotopic (exact) mass is 199 g/mol. The molecule has 0 aliphatic carbocycles. The van der Waals surface area contributed by atoms with Gasteiger partial charge in [0.1, 0.15) is 12.9 Å². The highest BCUT2D eigenvalue weighted by Gasteiger charge is 2.08. The molecule has 3 rings (SSSR count). The number of hydrogen-bond acceptors (Lipinski definition) is 3. The highest BCUT2D eigenvalue weighted by molar-refractivity contribution is 5.81. The van der Waals surface area contributed by atoms with E-state index < -0.39 is 0 Å². The van der Waals surface area contributed by atoms with Gasteiger partial charge in [-0.2, -0.15) is 0 Å². The molecule has 0 saturated carbocycles. The Morgan fingerprint density at radius 1 is 1.40 bits per heavy atom. The molecule has 0 spiro atoms. The van der Waals surface area contributed by atoms with Gasteiger partial charge in [0, 0.05) is 18.0 Å². The maximum atomic E-state index is 5.10. The summed E-state index contributed by atoms with van der Waals surface area (Å²) in [5.74, 6) is 0. The van der Waals surface area contributed by atoms with Crippen molar-refractivity contribution in [3.63, 3.8) is 0 Å². The van der Waals surface area contributed by atoms with Crippen molar-refractivity contribution in [3.05, 3.63) is 49.0 Å². The second kappa shape index (κ2) is 3.24. The summed E-state index contributed by atoms with van der Waals surface area (Å²) < 4.78 is 7.05. The van der Waals surface area contributed by atoms with E-state index in [0.29, 0.717) is 6.61 Å². The average Bonchev–Trinajstić information content (AvgIpc) is 2.74. The van der Waals surface area contributed by atoms with Crippen LogP contribution in [0.2, 0.25) is 0 Å². The minimum atomic E-state index is 0.602. The van der Waals surface area contributed by atoms with Crippen LogP contribution in [0.25, 0.3) is 11.1 Å². The summed E-state index contributed by atoms with van der Waals surface area (Å²) in [6, 6.07) is 0. The van der Waals surface area contributed by atoms with E-state index in [4.69, 9.17) is 4.74 Å². The largest absolute Gasteiger partial charge is 0.497 e. The Morgan fingerprint density at radius 3 is 3.27 bits per heavy atom. The van der Waals surface area contributed by atoms with Crippen LogP contribution in [0.5, 0.6) is 0 Å². The smallest absolute Gasteiger partial charge is 0.106 e. The summed E-state index contributed by atoms with van der Waals surface area (Å²) in [7, 11) is 0. The van der Waals surface area contributed by atoms with Crippen LogP contribution in [0.1, 0.15) is 5.69 Å². The van der Waals surface area contributed by atoms with E-state index in [9.17, 15) is 0 Å². The second-order valence-electron chi connectivity index (χ2n) is 3.26. The van der Waals surface area contributed by atoms with Crippen molar-refractivity contribution < 1.29 is 4.74 Å². The van der Waals surface area contributed by atoms with Crippen molar-refractivity contribution in [2.24, 2.45) is 0 Å². The average molecular weight is 199 g/mol. The lowest BCUT2D eigenvalue weighted by molar-refractivity contribution is 0.287. The van der Waals surface area contributed by atoms with Crippen molar-refractivity contribution >= 4 is 11.1 Å². The molecule has 0 amide bonds. The standard InChI is InChI=1S/C11H9N3O/c1-5-15-6-2-9(1)11-10-7-12-3-4-14(10)8-13-11/h1-5,7-8H,6H2. The molecule has 0 fully saturated rings. The number of aromatic nitrogens is 3. The van der Waals surface area contributed by atoms with Gasteiger partial charge in [0.2, 0.25) is 0 Å². The van der Waals surface area contributed by atoms with Crippen molar-refractivity contribution in [2.45, 2.75) is 0 Å². The van der Waals surface area contributed by atoms with E-state index in [1.54, 1.807) is 18.8 Å². The van der Waals surface area contributed by atoms with Crippen molar-refractivity contribution in [2.75, 3.05) is 6.61 Å². The van der Waals surface area contributed by atoms with Crippen LogP contribution in [0.3, 0.4) is 0 Å². The first-order valence-electron chi connectivity index (χ1n) is 4.70.